The Morgan fingerprint density at radius 2 is 2.12 bits per heavy atom. The Balaban J connectivity index is 1.83. The molecule has 122 valence electrons. The first kappa shape index (κ1) is 16.1. The van der Waals surface area contributed by atoms with Gasteiger partial charge in [0, 0.05) is 11.1 Å². The van der Waals surface area contributed by atoms with Crippen molar-refractivity contribution in [2.75, 3.05) is 13.2 Å². The van der Waals surface area contributed by atoms with Crippen LogP contribution in [0.1, 0.15) is 17.3 Å². The van der Waals surface area contributed by atoms with Gasteiger partial charge in [-0.3, -0.25) is 0 Å². The van der Waals surface area contributed by atoms with Gasteiger partial charge in [0.2, 0.25) is 0 Å². The summed E-state index contributed by atoms with van der Waals surface area (Å²) in [6.07, 6.45) is 0.787. The SMILES string of the molecule is CC(C#N)OC(=O)c1cccnc1Sc1ccc2c(c1)OCCO2. The van der Waals surface area contributed by atoms with Crippen molar-refractivity contribution in [3.63, 3.8) is 0 Å². The van der Waals surface area contributed by atoms with Crippen LogP contribution in [0.4, 0.5) is 0 Å². The number of rotatable bonds is 4. The third-order valence-corrected chi connectivity index (χ3v) is 4.19. The molecule has 0 saturated heterocycles. The summed E-state index contributed by atoms with van der Waals surface area (Å²) in [5.41, 5.74) is 0.319. The Hall–Kier alpha value is -2.72. The van der Waals surface area contributed by atoms with E-state index in [1.54, 1.807) is 18.3 Å². The molecule has 1 aromatic carbocycles. The third kappa shape index (κ3) is 3.60. The summed E-state index contributed by atoms with van der Waals surface area (Å²) in [4.78, 5) is 17.3. The van der Waals surface area contributed by atoms with Gasteiger partial charge in [-0.2, -0.15) is 5.26 Å². The van der Waals surface area contributed by atoms with E-state index in [9.17, 15) is 4.79 Å². The highest BCUT2D eigenvalue weighted by Gasteiger charge is 2.18. The molecule has 0 radical (unpaired) electrons. The minimum absolute atomic E-state index is 0.319. The first-order valence-electron chi connectivity index (χ1n) is 7.30. The van der Waals surface area contributed by atoms with Gasteiger partial charge in [0.05, 0.1) is 5.56 Å². The lowest BCUT2D eigenvalue weighted by Crippen LogP contribution is -2.15. The largest absolute Gasteiger partial charge is 0.486 e. The summed E-state index contributed by atoms with van der Waals surface area (Å²) in [5.74, 6) is 0.802. The monoisotopic (exact) mass is 342 g/mol. The molecule has 0 saturated carbocycles. The molecule has 2 heterocycles. The highest BCUT2D eigenvalue weighted by Crippen LogP contribution is 2.37. The van der Waals surface area contributed by atoms with E-state index in [1.807, 2.05) is 24.3 Å². The van der Waals surface area contributed by atoms with Gasteiger partial charge in [0.1, 0.15) is 24.3 Å². The average molecular weight is 342 g/mol. The molecule has 1 atom stereocenters. The number of hydrogen-bond acceptors (Lipinski definition) is 7. The van der Waals surface area contributed by atoms with E-state index in [1.165, 1.54) is 18.7 Å². The van der Waals surface area contributed by atoms with Crippen LogP contribution in [0, 0.1) is 11.3 Å². The molecule has 3 rings (SSSR count). The number of ether oxygens (including phenoxy) is 3. The van der Waals surface area contributed by atoms with Crippen molar-refractivity contribution in [3.8, 4) is 17.6 Å². The number of esters is 1. The number of fused-ring (bicyclic) bond motifs is 1. The molecule has 0 bridgehead atoms. The van der Waals surface area contributed by atoms with Crippen molar-refractivity contribution >= 4 is 17.7 Å². The Labute approximate surface area is 143 Å². The zero-order valence-corrected chi connectivity index (χ0v) is 13.7. The highest BCUT2D eigenvalue weighted by atomic mass is 32.2. The molecule has 6 nitrogen and oxygen atoms in total. The minimum atomic E-state index is -0.815. The Morgan fingerprint density at radius 1 is 1.33 bits per heavy atom. The minimum Gasteiger partial charge on any atom is -0.486 e. The molecule has 0 amide bonds. The van der Waals surface area contributed by atoms with E-state index in [-0.39, 0.29) is 0 Å². The Bertz CT molecular complexity index is 803. The quantitative estimate of drug-likeness (QED) is 0.790. The molecule has 1 aromatic heterocycles. The molecule has 0 aliphatic carbocycles. The zero-order valence-electron chi connectivity index (χ0n) is 12.9. The Morgan fingerprint density at radius 3 is 2.92 bits per heavy atom. The van der Waals surface area contributed by atoms with Crippen LogP contribution in [0.3, 0.4) is 0 Å². The number of pyridine rings is 1. The first-order chi connectivity index (χ1) is 11.7. The maximum Gasteiger partial charge on any atom is 0.342 e. The summed E-state index contributed by atoms with van der Waals surface area (Å²) >= 11 is 1.32. The Kier molecular flexibility index (Phi) is 4.87. The fourth-order valence-electron chi connectivity index (χ4n) is 2.08. The molecular weight excluding hydrogens is 328 g/mol. The number of aromatic nitrogens is 1. The van der Waals surface area contributed by atoms with E-state index >= 15 is 0 Å². The van der Waals surface area contributed by atoms with Crippen molar-refractivity contribution in [3.05, 3.63) is 42.1 Å². The molecule has 2 aromatic rings. The summed E-state index contributed by atoms with van der Waals surface area (Å²) < 4.78 is 16.1. The van der Waals surface area contributed by atoms with Gasteiger partial charge in [-0.25, -0.2) is 9.78 Å². The summed E-state index contributed by atoms with van der Waals surface area (Å²) in [5, 5.41) is 9.28. The second-order valence-electron chi connectivity index (χ2n) is 4.94. The number of nitrogens with zero attached hydrogens (tertiary/aromatic N) is 2. The van der Waals surface area contributed by atoms with Crippen LogP contribution < -0.4 is 9.47 Å². The van der Waals surface area contributed by atoms with Crippen LogP contribution >= 0.6 is 11.8 Å². The number of hydrogen-bond donors (Lipinski definition) is 0. The number of nitriles is 1. The van der Waals surface area contributed by atoms with Gasteiger partial charge < -0.3 is 14.2 Å². The van der Waals surface area contributed by atoms with Gasteiger partial charge in [-0.1, -0.05) is 11.8 Å². The maximum atomic E-state index is 12.2. The standard InChI is InChI=1S/C17H14N2O4S/c1-11(10-18)23-17(20)13-3-2-6-19-16(13)24-12-4-5-14-15(9-12)22-8-7-21-14/h2-6,9,11H,7-8H2,1H3. The summed E-state index contributed by atoms with van der Waals surface area (Å²) in [7, 11) is 0. The lowest BCUT2D eigenvalue weighted by atomic mass is 10.3. The molecule has 1 unspecified atom stereocenters. The van der Waals surface area contributed by atoms with Crippen molar-refractivity contribution in [1.29, 1.82) is 5.26 Å². The summed E-state index contributed by atoms with van der Waals surface area (Å²) in [6, 6.07) is 10.7. The van der Waals surface area contributed by atoms with E-state index in [2.05, 4.69) is 4.98 Å². The predicted octanol–water partition coefficient (Wildman–Crippen LogP) is 3.07. The summed E-state index contributed by atoms with van der Waals surface area (Å²) in [6.45, 7) is 2.56. The maximum absolute atomic E-state index is 12.2. The smallest absolute Gasteiger partial charge is 0.342 e. The van der Waals surface area contributed by atoms with Gasteiger partial charge >= 0.3 is 5.97 Å². The molecule has 0 fully saturated rings. The molecule has 1 aliphatic rings. The second kappa shape index (κ2) is 7.23. The van der Waals surface area contributed by atoms with E-state index in [0.717, 1.165) is 4.90 Å². The second-order valence-corrected chi connectivity index (χ2v) is 6.00. The van der Waals surface area contributed by atoms with Gasteiger partial charge in [0.15, 0.2) is 17.6 Å². The molecule has 1 aliphatic heterocycles. The predicted molar refractivity (Wildman–Crippen MR) is 86.3 cm³/mol. The lowest BCUT2D eigenvalue weighted by Gasteiger charge is -2.18. The van der Waals surface area contributed by atoms with Crippen LogP contribution in [0.15, 0.2) is 46.5 Å². The van der Waals surface area contributed by atoms with Gasteiger partial charge in [-0.05, 0) is 37.3 Å². The van der Waals surface area contributed by atoms with Gasteiger partial charge in [-0.15, -0.1) is 0 Å². The van der Waals surface area contributed by atoms with Crippen LogP contribution in [0.5, 0.6) is 11.5 Å². The van der Waals surface area contributed by atoms with Crippen LogP contribution in [0.25, 0.3) is 0 Å². The first-order valence-corrected chi connectivity index (χ1v) is 8.12. The topological polar surface area (TPSA) is 81.4 Å². The van der Waals surface area contributed by atoms with Crippen LogP contribution in [-0.4, -0.2) is 30.3 Å². The van der Waals surface area contributed by atoms with Crippen molar-refractivity contribution in [2.45, 2.75) is 22.9 Å². The molecule has 24 heavy (non-hydrogen) atoms. The normalized spacial score (nSPS) is 13.7. The van der Waals surface area contributed by atoms with E-state index in [0.29, 0.717) is 35.3 Å². The van der Waals surface area contributed by atoms with Crippen LogP contribution in [-0.2, 0) is 4.74 Å². The molecule has 0 N–H and O–H groups in total. The van der Waals surface area contributed by atoms with Crippen molar-refractivity contribution in [1.82, 2.24) is 4.98 Å². The fourth-order valence-corrected chi connectivity index (χ4v) is 2.98. The fraction of sp³-hybridized carbons (Fsp3) is 0.235. The van der Waals surface area contributed by atoms with Crippen LogP contribution in [0.2, 0.25) is 0 Å². The van der Waals surface area contributed by atoms with E-state index in [4.69, 9.17) is 19.5 Å². The van der Waals surface area contributed by atoms with E-state index < -0.39 is 12.1 Å². The average Bonchev–Trinajstić information content (AvgIpc) is 2.62. The molecule has 7 heteroatoms. The number of carbonyl (C=O) groups is 1. The lowest BCUT2D eigenvalue weighted by molar-refractivity contribution is 0.0430. The van der Waals surface area contributed by atoms with Crippen molar-refractivity contribution in [2.24, 2.45) is 0 Å². The number of benzene rings is 1. The molecule has 0 spiro atoms. The highest BCUT2D eigenvalue weighted by molar-refractivity contribution is 7.99. The third-order valence-electron chi connectivity index (χ3n) is 3.18. The van der Waals surface area contributed by atoms with Gasteiger partial charge in [0.25, 0.3) is 0 Å². The van der Waals surface area contributed by atoms with Crippen molar-refractivity contribution < 1.29 is 19.0 Å². The number of carbonyl (C=O) groups excluding carboxylic acids is 1. The molecular formula is C17H14N2O4S. The zero-order chi connectivity index (χ0) is 16.9.